The maximum absolute atomic E-state index is 2.26. The largest absolute Gasteiger partial charge is 0.361 e. The van der Waals surface area contributed by atoms with Gasteiger partial charge < -0.3 is 9.80 Å². The fraction of sp³-hybridized carbons (Fsp3) is 0.370. The monoisotopic (exact) mass is 1170 g/mol. The van der Waals surface area contributed by atoms with Gasteiger partial charge in [0.05, 0.1) is 6.67 Å². The lowest BCUT2D eigenvalue weighted by atomic mass is 9.98. The molecule has 5 nitrogen and oxygen atoms in total. The Morgan fingerprint density at radius 1 is 0.395 bits per heavy atom. The number of hydrogen-bond donors (Lipinski definition) is 0. The topological polar surface area (TPSA) is 18.1 Å². The first-order valence-electron chi connectivity index (χ1n) is 30.9. The Morgan fingerprint density at radius 3 is 1.31 bits per heavy atom. The molecule has 0 bridgehead atoms. The first-order valence-corrected chi connectivity index (χ1v) is 30.9. The Bertz CT molecular complexity index is 3170. The molecular formula is C81H126N5+3. The molecule has 6 aromatic carbocycles. The predicted molar refractivity (Wildman–Crippen MR) is 394 cm³/mol. The van der Waals surface area contributed by atoms with E-state index < -0.39 is 0 Å². The minimum atomic E-state index is 0. The van der Waals surface area contributed by atoms with Crippen molar-refractivity contribution >= 4 is 33.4 Å². The number of pyridine rings is 3. The highest BCUT2D eigenvalue weighted by molar-refractivity contribution is 5.84. The van der Waals surface area contributed by atoms with Crippen LogP contribution in [0.2, 0.25) is 0 Å². The van der Waals surface area contributed by atoms with Crippen LogP contribution < -0.4 is 18.6 Å². The quantitative estimate of drug-likeness (QED) is 0.164. The lowest BCUT2D eigenvalue weighted by Gasteiger charge is -2.19. The SMILES string of the molecule is C.C.C.C.CC.CC.CC.CC.CC.CC.CC.CC.Cc1ccccc1-c1c2c(cc[n+]1C)C=CC2.Cc1ccccc1-c1cc2ccccc2c[n+]1C.Cc1ccccc1-c1ccc2ccccc2[n+]1C.Cc1ccccc1N1C=CN(C)C1. The van der Waals surface area contributed by atoms with Crippen LogP contribution in [0.25, 0.3) is 61.5 Å². The molecule has 0 saturated heterocycles. The summed E-state index contributed by atoms with van der Waals surface area (Å²) in [5, 5.41) is 3.84. The van der Waals surface area contributed by atoms with Gasteiger partial charge in [0.1, 0.15) is 21.1 Å². The summed E-state index contributed by atoms with van der Waals surface area (Å²) in [6.45, 7) is 41.6. The summed E-state index contributed by atoms with van der Waals surface area (Å²) in [6.07, 6.45) is 14.1. The second-order valence-electron chi connectivity index (χ2n) is 17.4. The molecule has 0 radical (unpaired) electrons. The molecule has 0 N–H and O–H groups in total. The Morgan fingerprint density at radius 2 is 0.826 bits per heavy atom. The summed E-state index contributed by atoms with van der Waals surface area (Å²) in [4.78, 5) is 4.40. The molecule has 0 saturated carbocycles. The second kappa shape index (κ2) is 50.7. The predicted octanol–water partition coefficient (Wildman–Crippen LogP) is 23.3. The number of aryl methyl sites for hydroxylation is 7. The number of para-hydroxylation sites is 2. The van der Waals surface area contributed by atoms with Crippen molar-refractivity contribution in [1.82, 2.24) is 4.90 Å². The van der Waals surface area contributed by atoms with Gasteiger partial charge in [-0.2, -0.15) is 4.57 Å². The molecule has 86 heavy (non-hydrogen) atoms. The third-order valence-corrected chi connectivity index (χ3v) is 12.7. The Hall–Kier alpha value is -7.63. The molecule has 4 heterocycles. The van der Waals surface area contributed by atoms with Crippen molar-refractivity contribution in [2.75, 3.05) is 18.6 Å². The highest BCUT2D eigenvalue weighted by atomic mass is 15.3. The highest BCUT2D eigenvalue weighted by Crippen LogP contribution is 2.30. The van der Waals surface area contributed by atoms with Gasteiger partial charge in [-0.25, -0.2) is 9.13 Å². The van der Waals surface area contributed by atoms with Crippen LogP contribution in [0.1, 0.15) is 174 Å². The molecule has 11 rings (SSSR count). The smallest absolute Gasteiger partial charge is 0.216 e. The van der Waals surface area contributed by atoms with Gasteiger partial charge in [-0.1, -0.05) is 256 Å². The number of hydrogen-bond acceptors (Lipinski definition) is 2. The Balaban J connectivity index is -0.000000311. The zero-order valence-corrected chi connectivity index (χ0v) is 55.8. The highest BCUT2D eigenvalue weighted by Gasteiger charge is 2.22. The lowest BCUT2D eigenvalue weighted by Crippen LogP contribution is -2.32. The number of nitrogens with zero attached hydrogens (tertiary/aromatic N) is 5. The van der Waals surface area contributed by atoms with E-state index in [2.05, 4.69) is 286 Å². The number of anilines is 1. The van der Waals surface area contributed by atoms with Gasteiger partial charge in [-0.3, -0.25) is 0 Å². The molecule has 9 aromatic rings. The molecule has 0 unspecified atom stereocenters. The number of rotatable bonds is 4. The third-order valence-electron chi connectivity index (χ3n) is 12.7. The van der Waals surface area contributed by atoms with Gasteiger partial charge in [0.2, 0.25) is 22.6 Å². The van der Waals surface area contributed by atoms with Crippen LogP contribution in [0.5, 0.6) is 0 Å². The first kappa shape index (κ1) is 87.1. The summed E-state index contributed by atoms with van der Waals surface area (Å²) < 4.78 is 6.69. The van der Waals surface area contributed by atoms with Gasteiger partial charge in [-0.15, -0.1) is 0 Å². The summed E-state index contributed by atoms with van der Waals surface area (Å²) in [5.41, 5.74) is 18.4. The van der Waals surface area contributed by atoms with Crippen LogP contribution in [0.15, 0.2) is 201 Å². The molecule has 0 atom stereocenters. The van der Waals surface area contributed by atoms with E-state index in [9.17, 15) is 0 Å². The van der Waals surface area contributed by atoms with Crippen molar-refractivity contribution in [3.05, 3.63) is 234 Å². The van der Waals surface area contributed by atoms with Gasteiger partial charge in [0.15, 0.2) is 12.4 Å². The van der Waals surface area contributed by atoms with Crippen molar-refractivity contribution < 1.29 is 13.7 Å². The van der Waals surface area contributed by atoms with Crippen LogP contribution >= 0.6 is 0 Å². The van der Waals surface area contributed by atoms with Crippen LogP contribution in [0.3, 0.4) is 0 Å². The van der Waals surface area contributed by atoms with Gasteiger partial charge in [0.25, 0.3) is 0 Å². The van der Waals surface area contributed by atoms with E-state index in [1.807, 2.05) is 111 Å². The van der Waals surface area contributed by atoms with Crippen molar-refractivity contribution in [2.24, 2.45) is 21.1 Å². The number of benzene rings is 6. The van der Waals surface area contributed by atoms with Crippen LogP contribution in [0, 0.1) is 27.7 Å². The fourth-order valence-corrected chi connectivity index (χ4v) is 9.04. The van der Waals surface area contributed by atoms with Crippen molar-refractivity contribution in [3.63, 3.8) is 0 Å². The molecule has 0 fully saturated rings. The zero-order valence-electron chi connectivity index (χ0n) is 55.8. The molecular weight excluding hydrogens is 1040 g/mol. The van der Waals surface area contributed by atoms with Crippen molar-refractivity contribution in [3.8, 4) is 33.8 Å². The molecule has 2 aliphatic rings. The Kier molecular flexibility index (Phi) is 51.3. The van der Waals surface area contributed by atoms with Crippen LogP contribution in [-0.2, 0) is 27.6 Å². The maximum atomic E-state index is 2.26. The van der Waals surface area contributed by atoms with Gasteiger partial charge in [-0.05, 0) is 110 Å². The van der Waals surface area contributed by atoms with E-state index in [1.165, 1.54) is 94.5 Å². The number of aromatic nitrogens is 3. The Labute approximate surface area is 531 Å². The van der Waals surface area contributed by atoms with Crippen LogP contribution in [-0.4, -0.2) is 18.6 Å². The fourth-order valence-electron chi connectivity index (χ4n) is 9.04. The maximum Gasteiger partial charge on any atom is 0.216 e. The first-order chi connectivity index (χ1) is 40.1. The molecule has 472 valence electrons. The molecule has 1 aliphatic carbocycles. The standard InChI is InChI=1S/2C17H16N.C16H16N.C11H14N2.8C2H6.4CH4/c1-13-7-3-6-10-16(13)17-11-14-8-4-5-9-15(14)12-18(17)2;1-13-7-3-5-9-15(13)17-12-11-14-8-4-6-10-16(14)18(17)2;1-12-6-3-4-8-14(12)16-15-9-5-7-13(15)10-11-17(16)2;1-10-5-3-4-6-11(10)13-8-7-12(2)9-13;8*1-2;;;;/h2*3-12H,1-2H3;3-8,10-11H,9H2,1-2H3;3-8H,9H2,1-2H3;8*1-2H3;4*1H4/q3*+1;;;;;;;;;;;;;. The minimum absolute atomic E-state index is 0. The average Bonchev–Trinajstić information content (AvgIpc) is 3.30. The molecule has 1 aliphatic heterocycles. The zero-order chi connectivity index (χ0) is 62.2. The molecule has 5 heteroatoms. The van der Waals surface area contributed by atoms with E-state index in [0.717, 1.165) is 13.1 Å². The second-order valence-corrected chi connectivity index (χ2v) is 17.4. The molecule has 0 amide bonds. The van der Waals surface area contributed by atoms with Gasteiger partial charge in [0, 0.05) is 82.4 Å². The van der Waals surface area contributed by atoms with E-state index in [4.69, 9.17) is 0 Å². The number of allylic oxidation sites excluding steroid dienone is 1. The molecule has 3 aromatic heterocycles. The van der Waals surface area contributed by atoms with Crippen LogP contribution in [0.4, 0.5) is 5.69 Å². The lowest BCUT2D eigenvalue weighted by molar-refractivity contribution is -0.660. The summed E-state index contributed by atoms with van der Waals surface area (Å²) >= 11 is 0. The van der Waals surface area contributed by atoms with Crippen molar-refractivity contribution in [1.29, 1.82) is 0 Å². The third kappa shape index (κ3) is 25.1. The summed E-state index contributed by atoms with van der Waals surface area (Å²) in [5.74, 6) is 0. The van der Waals surface area contributed by atoms with E-state index in [0.29, 0.717) is 0 Å². The normalized spacial score (nSPS) is 9.95. The summed E-state index contributed by atoms with van der Waals surface area (Å²) in [6, 6.07) is 59.9. The average molecular weight is 1170 g/mol. The number of fused-ring (bicyclic) bond motifs is 3. The van der Waals surface area contributed by atoms with E-state index in [1.54, 1.807) is 0 Å². The van der Waals surface area contributed by atoms with E-state index >= 15 is 0 Å². The molecule has 0 spiro atoms. The summed E-state index contributed by atoms with van der Waals surface area (Å²) in [7, 11) is 8.44. The minimum Gasteiger partial charge on any atom is -0.361 e. The van der Waals surface area contributed by atoms with Gasteiger partial charge >= 0.3 is 0 Å². The van der Waals surface area contributed by atoms with E-state index in [-0.39, 0.29) is 29.7 Å². The van der Waals surface area contributed by atoms with Crippen molar-refractivity contribution in [2.45, 2.75) is 175 Å².